The van der Waals surface area contributed by atoms with Crippen LogP contribution in [0.5, 0.6) is 0 Å². The molecule has 6 heteroatoms. The van der Waals surface area contributed by atoms with Crippen LogP contribution in [0.25, 0.3) is 0 Å². The lowest BCUT2D eigenvalue weighted by atomic mass is 10.1. The van der Waals surface area contributed by atoms with Gasteiger partial charge in [-0.1, -0.05) is 6.07 Å². The molecule has 1 aromatic rings. The zero-order valence-electron chi connectivity index (χ0n) is 15.7. The molecule has 0 N–H and O–H groups in total. The number of aryl methyl sites for hydroxylation is 2. The minimum absolute atomic E-state index is 0.0540. The number of anilines is 1. The van der Waals surface area contributed by atoms with Crippen molar-refractivity contribution in [2.45, 2.75) is 59.6 Å². The number of nitrogens with zero attached hydrogens (tertiary/aromatic N) is 4. The van der Waals surface area contributed by atoms with Crippen LogP contribution in [0.4, 0.5) is 5.69 Å². The molecule has 0 spiro atoms. The van der Waals surface area contributed by atoms with Crippen LogP contribution < -0.4 is 4.90 Å². The van der Waals surface area contributed by atoms with Gasteiger partial charge in [-0.2, -0.15) is 0 Å². The number of benzene rings is 1. The maximum atomic E-state index is 12.1. The minimum atomic E-state index is -0.287. The third kappa shape index (κ3) is 4.30. The molecule has 1 saturated heterocycles. The fraction of sp³-hybridized carbons (Fsp3) is 0.667. The lowest BCUT2D eigenvalue weighted by Crippen LogP contribution is -2.45. The highest BCUT2D eigenvalue weighted by Crippen LogP contribution is 2.24. The topological polar surface area (TPSA) is 54.1 Å². The summed E-state index contributed by atoms with van der Waals surface area (Å²) in [7, 11) is 0. The van der Waals surface area contributed by atoms with E-state index in [1.165, 1.54) is 16.8 Å². The first kappa shape index (κ1) is 18.4. The first-order valence-electron chi connectivity index (χ1n) is 8.66. The first-order valence-corrected chi connectivity index (χ1v) is 8.66. The summed E-state index contributed by atoms with van der Waals surface area (Å²) >= 11 is 0. The van der Waals surface area contributed by atoms with E-state index < -0.39 is 0 Å². The molecule has 24 heavy (non-hydrogen) atoms. The SMILES string of the molecule is CCN(/[N+]([O-])=N\O[C@@H]1CCN(c2ccc(C)c(C)c2)C1)C(C)(C)C. The smallest absolute Gasteiger partial charge is 0.233 e. The highest BCUT2D eigenvalue weighted by molar-refractivity contribution is 5.51. The molecule has 2 rings (SSSR count). The van der Waals surface area contributed by atoms with E-state index in [1.807, 2.05) is 27.7 Å². The monoisotopic (exact) mass is 334 g/mol. The average Bonchev–Trinajstić information content (AvgIpc) is 2.96. The molecule has 1 aliphatic heterocycles. The Morgan fingerprint density at radius 3 is 2.62 bits per heavy atom. The Balaban J connectivity index is 1.96. The van der Waals surface area contributed by atoms with Gasteiger partial charge in [0.1, 0.15) is 0 Å². The van der Waals surface area contributed by atoms with Gasteiger partial charge >= 0.3 is 0 Å². The molecule has 0 unspecified atom stereocenters. The Morgan fingerprint density at radius 1 is 1.33 bits per heavy atom. The van der Waals surface area contributed by atoms with E-state index in [0.29, 0.717) is 11.5 Å². The molecule has 1 atom stereocenters. The molecule has 0 bridgehead atoms. The molecule has 134 valence electrons. The summed E-state index contributed by atoms with van der Waals surface area (Å²) < 4.78 is 0. The van der Waals surface area contributed by atoms with Crippen molar-refractivity contribution in [1.29, 1.82) is 0 Å². The molecule has 0 saturated carbocycles. The molecule has 0 amide bonds. The predicted molar refractivity (Wildman–Crippen MR) is 95.8 cm³/mol. The normalized spacial score (nSPS) is 18.8. The molecule has 0 aromatic heterocycles. The fourth-order valence-electron chi connectivity index (χ4n) is 2.97. The van der Waals surface area contributed by atoms with Gasteiger partial charge in [0.15, 0.2) is 6.10 Å². The summed E-state index contributed by atoms with van der Waals surface area (Å²) in [4.78, 5) is 8.37. The lowest BCUT2D eigenvalue weighted by molar-refractivity contribution is -0.725. The van der Waals surface area contributed by atoms with E-state index in [9.17, 15) is 5.21 Å². The first-order chi connectivity index (χ1) is 11.2. The molecule has 1 aliphatic rings. The van der Waals surface area contributed by atoms with E-state index in [4.69, 9.17) is 4.84 Å². The van der Waals surface area contributed by atoms with Crippen molar-refractivity contribution < 1.29 is 9.81 Å². The lowest BCUT2D eigenvalue weighted by Gasteiger charge is -2.29. The summed E-state index contributed by atoms with van der Waals surface area (Å²) in [6.07, 6.45) is 0.813. The third-order valence-electron chi connectivity index (χ3n) is 4.55. The van der Waals surface area contributed by atoms with E-state index >= 15 is 0 Å². The van der Waals surface area contributed by atoms with Crippen LogP contribution in [0, 0.1) is 19.1 Å². The Hall–Kier alpha value is -1.98. The standard InChI is InChI=1S/C18H30N4O2/c1-7-21(18(4,5)6)22(23)19-24-17-10-11-20(13-17)16-9-8-14(2)15(3)12-16/h8-9,12,17H,7,10-11,13H2,1-6H3/b22-19+/t17-/m1/s1. The highest BCUT2D eigenvalue weighted by atomic mass is 16.7. The molecular formula is C18H30N4O2. The Labute approximate surface area is 145 Å². The second-order valence-electron chi connectivity index (χ2n) is 7.45. The molecule has 1 heterocycles. The Morgan fingerprint density at radius 2 is 2.04 bits per heavy atom. The van der Waals surface area contributed by atoms with E-state index in [-0.39, 0.29) is 11.6 Å². The number of hydrazine groups is 1. The average molecular weight is 334 g/mol. The van der Waals surface area contributed by atoms with Crippen molar-refractivity contribution in [3.63, 3.8) is 0 Å². The van der Waals surface area contributed by atoms with Crippen molar-refractivity contribution in [3.05, 3.63) is 34.5 Å². The van der Waals surface area contributed by atoms with Crippen molar-refractivity contribution in [1.82, 2.24) is 5.01 Å². The highest BCUT2D eigenvalue weighted by Gasteiger charge is 2.29. The summed E-state index contributed by atoms with van der Waals surface area (Å²) in [6, 6.07) is 6.48. The van der Waals surface area contributed by atoms with Crippen LogP contribution in [-0.2, 0) is 4.84 Å². The van der Waals surface area contributed by atoms with Gasteiger partial charge in [0.2, 0.25) is 5.28 Å². The van der Waals surface area contributed by atoms with Crippen molar-refractivity contribution in [2.75, 3.05) is 24.5 Å². The van der Waals surface area contributed by atoms with E-state index in [0.717, 1.165) is 19.5 Å². The zero-order valence-corrected chi connectivity index (χ0v) is 15.7. The Bertz CT molecular complexity index is 595. The number of rotatable bonds is 5. The molecule has 1 fully saturated rings. The van der Waals surface area contributed by atoms with Crippen LogP contribution in [-0.4, -0.2) is 41.3 Å². The van der Waals surface area contributed by atoms with Crippen LogP contribution >= 0.6 is 0 Å². The van der Waals surface area contributed by atoms with E-state index in [1.54, 1.807) is 5.01 Å². The van der Waals surface area contributed by atoms with Crippen LogP contribution in [0.3, 0.4) is 0 Å². The maximum Gasteiger partial charge on any atom is 0.233 e. The van der Waals surface area contributed by atoms with Crippen LogP contribution in [0.15, 0.2) is 23.5 Å². The Kier molecular flexibility index (Phi) is 5.57. The fourth-order valence-corrected chi connectivity index (χ4v) is 2.97. The van der Waals surface area contributed by atoms with Crippen LogP contribution in [0.1, 0.15) is 45.2 Å². The maximum absolute atomic E-state index is 12.1. The molecule has 0 aliphatic carbocycles. The minimum Gasteiger partial charge on any atom is -0.569 e. The van der Waals surface area contributed by atoms with Gasteiger partial charge in [-0.15, -0.1) is 5.01 Å². The van der Waals surface area contributed by atoms with Gasteiger partial charge in [0.05, 0.1) is 23.6 Å². The van der Waals surface area contributed by atoms with Gasteiger partial charge in [0, 0.05) is 18.7 Å². The molecule has 1 aromatic carbocycles. The summed E-state index contributed by atoms with van der Waals surface area (Å²) in [5, 5.41) is 17.6. The third-order valence-corrected chi connectivity index (χ3v) is 4.55. The second kappa shape index (κ2) is 7.28. The molecule has 6 nitrogen and oxygen atoms in total. The van der Waals surface area contributed by atoms with Crippen molar-refractivity contribution >= 4 is 5.69 Å². The number of hydrogen-bond donors (Lipinski definition) is 0. The van der Waals surface area contributed by atoms with Gasteiger partial charge in [-0.25, -0.2) is 0 Å². The van der Waals surface area contributed by atoms with Crippen LogP contribution in [0.2, 0.25) is 0 Å². The molecular weight excluding hydrogens is 304 g/mol. The van der Waals surface area contributed by atoms with Crippen molar-refractivity contribution in [2.24, 2.45) is 5.28 Å². The summed E-state index contributed by atoms with van der Waals surface area (Å²) in [6.45, 7) is 14.4. The second-order valence-corrected chi connectivity index (χ2v) is 7.45. The van der Waals surface area contributed by atoms with Gasteiger partial charge in [-0.05, 0) is 64.8 Å². The zero-order chi connectivity index (χ0) is 17.9. The largest absolute Gasteiger partial charge is 0.569 e. The van der Waals surface area contributed by atoms with Crippen molar-refractivity contribution in [3.8, 4) is 0 Å². The predicted octanol–water partition coefficient (Wildman–Crippen LogP) is 3.81. The van der Waals surface area contributed by atoms with E-state index in [2.05, 4.69) is 42.2 Å². The van der Waals surface area contributed by atoms with Gasteiger partial charge in [0.25, 0.3) is 0 Å². The van der Waals surface area contributed by atoms with Gasteiger partial charge < -0.3 is 14.9 Å². The summed E-state index contributed by atoms with van der Waals surface area (Å²) in [5.74, 6) is 0. The van der Waals surface area contributed by atoms with Gasteiger partial charge in [-0.3, -0.25) is 0 Å². The molecule has 0 radical (unpaired) electrons. The number of hydrogen-bond acceptors (Lipinski definition) is 4. The quantitative estimate of drug-likeness (QED) is 0.467. The summed E-state index contributed by atoms with van der Waals surface area (Å²) in [5.41, 5.74) is 3.50.